The van der Waals surface area contributed by atoms with E-state index < -0.39 is 5.97 Å². The molecule has 0 bridgehead atoms. The van der Waals surface area contributed by atoms with E-state index in [1.165, 1.54) is 6.08 Å². The molecule has 1 aliphatic heterocycles. The topological polar surface area (TPSA) is 65.1 Å². The predicted octanol–water partition coefficient (Wildman–Crippen LogP) is 1.88. The summed E-state index contributed by atoms with van der Waals surface area (Å²) in [4.78, 5) is 25.2. The maximum absolute atomic E-state index is 11.8. The molecule has 0 aromatic heterocycles. The van der Waals surface area contributed by atoms with Crippen LogP contribution in [0.2, 0.25) is 0 Å². The molecule has 0 spiro atoms. The standard InChI is InChI=1S/C17H21NO5/c1-21-14-6-7-15(22-2)13(11-14)5-8-17(20)23-12-16(19)18-9-3-4-10-18/h5-8,11H,3-4,9-10,12H2,1-2H3/b8-5+. The van der Waals surface area contributed by atoms with Crippen LogP contribution < -0.4 is 9.47 Å². The lowest BCUT2D eigenvalue weighted by Gasteiger charge is -2.14. The normalized spacial score (nSPS) is 14.1. The van der Waals surface area contributed by atoms with Crippen molar-refractivity contribution in [3.63, 3.8) is 0 Å². The van der Waals surface area contributed by atoms with Crippen LogP contribution in [-0.4, -0.2) is 50.7 Å². The van der Waals surface area contributed by atoms with Crippen LogP contribution in [0.5, 0.6) is 11.5 Å². The average molecular weight is 319 g/mol. The van der Waals surface area contributed by atoms with Crippen LogP contribution in [0.1, 0.15) is 18.4 Å². The molecule has 1 fully saturated rings. The number of likely N-dealkylation sites (tertiary alicyclic amines) is 1. The zero-order chi connectivity index (χ0) is 16.7. The Labute approximate surface area is 135 Å². The Bertz CT molecular complexity index is 591. The highest BCUT2D eigenvalue weighted by Gasteiger charge is 2.18. The van der Waals surface area contributed by atoms with Crippen molar-refractivity contribution >= 4 is 18.0 Å². The monoisotopic (exact) mass is 319 g/mol. The quantitative estimate of drug-likeness (QED) is 0.592. The lowest BCUT2D eigenvalue weighted by molar-refractivity contribution is -0.147. The number of methoxy groups -OCH3 is 2. The molecule has 0 radical (unpaired) electrons. The Kier molecular flexibility index (Phi) is 6.02. The fourth-order valence-corrected chi connectivity index (χ4v) is 2.37. The summed E-state index contributed by atoms with van der Waals surface area (Å²) < 4.78 is 15.3. The maximum Gasteiger partial charge on any atom is 0.331 e. The van der Waals surface area contributed by atoms with E-state index in [1.807, 2.05) is 0 Å². The summed E-state index contributed by atoms with van der Waals surface area (Å²) in [6, 6.07) is 5.27. The summed E-state index contributed by atoms with van der Waals surface area (Å²) in [5, 5.41) is 0. The Morgan fingerprint density at radius 1 is 1.17 bits per heavy atom. The Balaban J connectivity index is 1.91. The minimum Gasteiger partial charge on any atom is -0.497 e. The summed E-state index contributed by atoms with van der Waals surface area (Å²) in [7, 11) is 3.11. The average Bonchev–Trinajstić information content (AvgIpc) is 3.12. The van der Waals surface area contributed by atoms with Crippen LogP contribution in [0.4, 0.5) is 0 Å². The minimum absolute atomic E-state index is 0.150. The number of rotatable bonds is 6. The SMILES string of the molecule is COc1ccc(OC)c(/C=C/C(=O)OCC(=O)N2CCCC2)c1. The molecule has 1 heterocycles. The van der Waals surface area contributed by atoms with E-state index in [9.17, 15) is 9.59 Å². The van der Waals surface area contributed by atoms with Crippen LogP contribution in [0.3, 0.4) is 0 Å². The highest BCUT2D eigenvalue weighted by molar-refractivity contribution is 5.89. The summed E-state index contributed by atoms with van der Waals surface area (Å²) in [6.07, 6.45) is 4.86. The van der Waals surface area contributed by atoms with Gasteiger partial charge in [0.25, 0.3) is 5.91 Å². The molecule has 1 aromatic carbocycles. The van der Waals surface area contributed by atoms with Gasteiger partial charge in [0.15, 0.2) is 6.61 Å². The molecular formula is C17H21NO5. The van der Waals surface area contributed by atoms with E-state index >= 15 is 0 Å². The van der Waals surface area contributed by atoms with Crippen LogP contribution in [0, 0.1) is 0 Å². The Hall–Kier alpha value is -2.50. The number of amides is 1. The van der Waals surface area contributed by atoms with E-state index in [0.29, 0.717) is 17.1 Å². The minimum atomic E-state index is -0.567. The number of esters is 1. The van der Waals surface area contributed by atoms with Gasteiger partial charge in [-0.05, 0) is 37.1 Å². The third kappa shape index (κ3) is 4.74. The van der Waals surface area contributed by atoms with Crippen molar-refractivity contribution in [1.82, 2.24) is 4.90 Å². The molecule has 0 aliphatic carbocycles. The van der Waals surface area contributed by atoms with E-state index in [-0.39, 0.29) is 12.5 Å². The first-order valence-electron chi connectivity index (χ1n) is 7.48. The second kappa shape index (κ2) is 8.22. The number of ether oxygens (including phenoxy) is 3. The number of benzene rings is 1. The zero-order valence-electron chi connectivity index (χ0n) is 13.4. The number of hydrogen-bond donors (Lipinski definition) is 0. The van der Waals surface area contributed by atoms with Gasteiger partial charge in [0.1, 0.15) is 11.5 Å². The smallest absolute Gasteiger partial charge is 0.331 e. The van der Waals surface area contributed by atoms with Gasteiger partial charge in [0.05, 0.1) is 14.2 Å². The fourth-order valence-electron chi connectivity index (χ4n) is 2.37. The van der Waals surface area contributed by atoms with Crippen LogP contribution >= 0.6 is 0 Å². The molecule has 124 valence electrons. The van der Waals surface area contributed by atoms with Crippen LogP contribution in [-0.2, 0) is 14.3 Å². The molecule has 0 atom stereocenters. The van der Waals surface area contributed by atoms with Gasteiger partial charge in [-0.2, -0.15) is 0 Å². The molecule has 6 heteroatoms. The molecule has 1 saturated heterocycles. The third-order valence-electron chi connectivity index (χ3n) is 3.63. The molecule has 23 heavy (non-hydrogen) atoms. The van der Waals surface area contributed by atoms with Crippen molar-refractivity contribution in [2.45, 2.75) is 12.8 Å². The second-order valence-corrected chi connectivity index (χ2v) is 5.14. The predicted molar refractivity (Wildman–Crippen MR) is 85.4 cm³/mol. The summed E-state index contributed by atoms with van der Waals surface area (Å²) >= 11 is 0. The molecule has 1 aliphatic rings. The molecule has 1 aromatic rings. The van der Waals surface area contributed by atoms with Gasteiger partial charge in [0.2, 0.25) is 0 Å². The Morgan fingerprint density at radius 2 is 1.91 bits per heavy atom. The van der Waals surface area contributed by atoms with Crippen molar-refractivity contribution < 1.29 is 23.8 Å². The largest absolute Gasteiger partial charge is 0.497 e. The van der Waals surface area contributed by atoms with Crippen molar-refractivity contribution in [3.05, 3.63) is 29.8 Å². The van der Waals surface area contributed by atoms with Gasteiger partial charge in [-0.25, -0.2) is 4.79 Å². The third-order valence-corrected chi connectivity index (χ3v) is 3.63. The molecule has 0 unspecified atom stereocenters. The molecular weight excluding hydrogens is 298 g/mol. The van der Waals surface area contributed by atoms with Crippen molar-refractivity contribution in [1.29, 1.82) is 0 Å². The van der Waals surface area contributed by atoms with Crippen molar-refractivity contribution in [3.8, 4) is 11.5 Å². The first-order chi connectivity index (χ1) is 11.1. The molecule has 0 N–H and O–H groups in total. The molecule has 0 saturated carbocycles. The number of carbonyl (C=O) groups is 2. The number of nitrogens with zero attached hydrogens (tertiary/aromatic N) is 1. The van der Waals surface area contributed by atoms with E-state index in [1.54, 1.807) is 43.4 Å². The van der Waals surface area contributed by atoms with Gasteiger partial charge in [-0.15, -0.1) is 0 Å². The van der Waals surface area contributed by atoms with Gasteiger partial charge < -0.3 is 19.1 Å². The lowest BCUT2D eigenvalue weighted by atomic mass is 10.1. The van der Waals surface area contributed by atoms with Crippen molar-refractivity contribution in [2.75, 3.05) is 33.9 Å². The van der Waals surface area contributed by atoms with Crippen LogP contribution in [0.15, 0.2) is 24.3 Å². The summed E-state index contributed by atoms with van der Waals surface area (Å²) in [6.45, 7) is 1.26. The molecule has 6 nitrogen and oxygen atoms in total. The lowest BCUT2D eigenvalue weighted by Crippen LogP contribution is -2.31. The van der Waals surface area contributed by atoms with Crippen molar-refractivity contribution in [2.24, 2.45) is 0 Å². The molecule has 2 rings (SSSR count). The van der Waals surface area contributed by atoms with E-state index in [2.05, 4.69) is 0 Å². The number of carbonyl (C=O) groups excluding carboxylic acids is 2. The molecule has 1 amide bonds. The Morgan fingerprint density at radius 3 is 2.57 bits per heavy atom. The number of hydrogen-bond acceptors (Lipinski definition) is 5. The zero-order valence-corrected chi connectivity index (χ0v) is 13.4. The summed E-state index contributed by atoms with van der Waals surface area (Å²) in [5.41, 5.74) is 0.690. The van der Waals surface area contributed by atoms with E-state index in [4.69, 9.17) is 14.2 Å². The first-order valence-corrected chi connectivity index (χ1v) is 7.48. The van der Waals surface area contributed by atoms with Crippen LogP contribution in [0.25, 0.3) is 6.08 Å². The van der Waals surface area contributed by atoms with E-state index in [0.717, 1.165) is 25.9 Å². The highest BCUT2D eigenvalue weighted by Crippen LogP contribution is 2.25. The first kappa shape index (κ1) is 16.9. The highest BCUT2D eigenvalue weighted by atomic mass is 16.5. The maximum atomic E-state index is 11.8. The summed E-state index contributed by atoms with van der Waals surface area (Å²) in [5.74, 6) is 0.552. The van der Waals surface area contributed by atoms with Gasteiger partial charge >= 0.3 is 5.97 Å². The second-order valence-electron chi connectivity index (χ2n) is 5.14. The van der Waals surface area contributed by atoms with Gasteiger partial charge in [-0.1, -0.05) is 0 Å². The fraction of sp³-hybridized carbons (Fsp3) is 0.412. The van der Waals surface area contributed by atoms with Gasteiger partial charge in [0, 0.05) is 24.7 Å². The van der Waals surface area contributed by atoms with Gasteiger partial charge in [-0.3, -0.25) is 4.79 Å².